The molecule has 0 unspecified atom stereocenters. The number of benzene rings is 1. The molecule has 0 radical (unpaired) electrons. The van der Waals surface area contributed by atoms with E-state index in [2.05, 4.69) is 10.6 Å². The lowest BCUT2D eigenvalue weighted by Gasteiger charge is -2.06. The lowest BCUT2D eigenvalue weighted by molar-refractivity contribution is -0.384. The third-order valence-corrected chi connectivity index (χ3v) is 5.06. The van der Waals surface area contributed by atoms with E-state index in [1.165, 1.54) is 19.1 Å². The smallest absolute Gasteiger partial charge is 0.325 e. The number of nitrogens with one attached hydrogen (secondary N) is 2. The molecule has 2 rings (SSSR count). The molecule has 1 aromatic carbocycles. The van der Waals surface area contributed by atoms with Gasteiger partial charge >= 0.3 is 5.97 Å². The number of thiophene rings is 1. The maximum absolute atomic E-state index is 12.1. The second kappa shape index (κ2) is 10.5. The quantitative estimate of drug-likeness (QED) is 0.256. The molecule has 0 aliphatic heterocycles. The Morgan fingerprint density at radius 2 is 1.90 bits per heavy atom. The van der Waals surface area contributed by atoms with Crippen LogP contribution in [0.4, 0.5) is 5.69 Å². The number of rotatable bonds is 9. The van der Waals surface area contributed by atoms with Crippen molar-refractivity contribution in [1.82, 2.24) is 10.6 Å². The Morgan fingerprint density at radius 3 is 2.57 bits per heavy atom. The standard InChI is InChI=1S/C18H16ClN3O7S/c1-10(23)20-7-12-3-5-16(30-12)15(24)9-29-17(25)8-21-18(26)11-2-4-13(19)14(6-11)22(27)28/h2-6H,7-9H2,1H3,(H,20,23)(H,21,26). The highest BCUT2D eigenvalue weighted by Crippen LogP contribution is 2.25. The largest absolute Gasteiger partial charge is 0.456 e. The highest BCUT2D eigenvalue weighted by atomic mass is 35.5. The molecule has 12 heteroatoms. The van der Waals surface area contributed by atoms with E-state index in [1.807, 2.05) is 0 Å². The van der Waals surface area contributed by atoms with Crippen LogP contribution in [-0.4, -0.2) is 41.6 Å². The molecule has 1 heterocycles. The van der Waals surface area contributed by atoms with Crippen molar-refractivity contribution in [3.05, 3.63) is 60.8 Å². The summed E-state index contributed by atoms with van der Waals surface area (Å²) in [5.41, 5.74) is -0.494. The molecule has 158 valence electrons. The van der Waals surface area contributed by atoms with Gasteiger partial charge in [0.1, 0.15) is 11.6 Å². The van der Waals surface area contributed by atoms with Crippen LogP contribution in [0.15, 0.2) is 30.3 Å². The van der Waals surface area contributed by atoms with E-state index < -0.39 is 41.4 Å². The lowest BCUT2D eigenvalue weighted by Crippen LogP contribution is -2.31. The summed E-state index contributed by atoms with van der Waals surface area (Å²) in [6.07, 6.45) is 0. The molecule has 2 N–H and O–H groups in total. The number of hydrogen-bond donors (Lipinski definition) is 2. The van der Waals surface area contributed by atoms with E-state index in [1.54, 1.807) is 12.1 Å². The second-order valence-electron chi connectivity index (χ2n) is 5.87. The van der Waals surface area contributed by atoms with Crippen LogP contribution in [0, 0.1) is 10.1 Å². The monoisotopic (exact) mass is 453 g/mol. The number of nitro groups is 1. The molecule has 2 aromatic rings. The fourth-order valence-electron chi connectivity index (χ4n) is 2.15. The zero-order chi connectivity index (χ0) is 22.3. The van der Waals surface area contributed by atoms with Gasteiger partial charge in [0.25, 0.3) is 11.6 Å². The highest BCUT2D eigenvalue weighted by molar-refractivity contribution is 7.14. The summed E-state index contributed by atoms with van der Waals surface area (Å²) in [5, 5.41) is 15.6. The van der Waals surface area contributed by atoms with Crippen LogP contribution >= 0.6 is 22.9 Å². The van der Waals surface area contributed by atoms with Crippen molar-refractivity contribution < 1.29 is 28.8 Å². The summed E-state index contributed by atoms with van der Waals surface area (Å²) in [6.45, 7) is 0.635. The van der Waals surface area contributed by atoms with E-state index in [4.69, 9.17) is 16.3 Å². The maximum atomic E-state index is 12.1. The van der Waals surface area contributed by atoms with Gasteiger partial charge in [-0.15, -0.1) is 11.3 Å². The Labute approximate surface area is 179 Å². The minimum absolute atomic E-state index is 0.0553. The summed E-state index contributed by atoms with van der Waals surface area (Å²) >= 11 is 6.84. The van der Waals surface area contributed by atoms with Gasteiger partial charge in [0.15, 0.2) is 6.61 Å². The average molecular weight is 454 g/mol. The number of esters is 1. The summed E-state index contributed by atoms with van der Waals surface area (Å²) in [4.78, 5) is 58.0. The third kappa shape index (κ3) is 6.64. The molecular weight excluding hydrogens is 438 g/mol. The summed E-state index contributed by atoms with van der Waals surface area (Å²) in [7, 11) is 0. The molecule has 30 heavy (non-hydrogen) atoms. The minimum Gasteiger partial charge on any atom is -0.456 e. The first kappa shape index (κ1) is 23.0. The second-order valence-corrected chi connectivity index (χ2v) is 7.44. The fourth-order valence-corrected chi connectivity index (χ4v) is 3.21. The van der Waals surface area contributed by atoms with Crippen molar-refractivity contribution in [2.24, 2.45) is 0 Å². The SMILES string of the molecule is CC(=O)NCc1ccc(C(=O)COC(=O)CNC(=O)c2ccc(Cl)c([N+](=O)[O-])c2)s1. The predicted octanol–water partition coefficient (Wildman–Crippen LogP) is 2.10. The van der Waals surface area contributed by atoms with Gasteiger partial charge in [-0.3, -0.25) is 29.3 Å². The fraction of sp³-hybridized carbons (Fsp3) is 0.222. The third-order valence-electron chi connectivity index (χ3n) is 3.61. The summed E-state index contributed by atoms with van der Waals surface area (Å²) in [6, 6.07) is 6.71. The van der Waals surface area contributed by atoms with Gasteiger partial charge < -0.3 is 15.4 Å². The van der Waals surface area contributed by atoms with Crippen LogP contribution in [0.25, 0.3) is 0 Å². The number of nitrogens with zero attached hydrogens (tertiary/aromatic N) is 1. The highest BCUT2D eigenvalue weighted by Gasteiger charge is 2.18. The number of ether oxygens (including phenoxy) is 1. The predicted molar refractivity (Wildman–Crippen MR) is 108 cm³/mol. The van der Waals surface area contributed by atoms with Crippen molar-refractivity contribution in [2.45, 2.75) is 13.5 Å². The molecule has 10 nitrogen and oxygen atoms in total. The van der Waals surface area contributed by atoms with Gasteiger partial charge in [-0.05, 0) is 24.3 Å². The van der Waals surface area contributed by atoms with E-state index in [0.29, 0.717) is 11.4 Å². The van der Waals surface area contributed by atoms with Crippen LogP contribution in [0.5, 0.6) is 0 Å². The molecule has 0 aliphatic carbocycles. The van der Waals surface area contributed by atoms with Gasteiger partial charge in [-0.2, -0.15) is 0 Å². The molecule has 1 aromatic heterocycles. The van der Waals surface area contributed by atoms with Crippen molar-refractivity contribution in [1.29, 1.82) is 0 Å². The van der Waals surface area contributed by atoms with E-state index >= 15 is 0 Å². The normalized spacial score (nSPS) is 10.2. The lowest BCUT2D eigenvalue weighted by atomic mass is 10.2. The molecule has 0 spiro atoms. The van der Waals surface area contributed by atoms with Crippen molar-refractivity contribution >= 4 is 52.2 Å². The molecule has 0 bridgehead atoms. The van der Waals surface area contributed by atoms with Crippen LogP contribution in [0.2, 0.25) is 5.02 Å². The summed E-state index contributed by atoms with van der Waals surface area (Å²) < 4.78 is 4.84. The number of Topliss-reactive ketones (excluding diaryl/α,β-unsaturated/α-hetero) is 1. The van der Waals surface area contributed by atoms with Gasteiger partial charge in [0, 0.05) is 23.4 Å². The summed E-state index contributed by atoms with van der Waals surface area (Å²) in [5.74, 6) is -2.21. The van der Waals surface area contributed by atoms with Gasteiger partial charge in [0.05, 0.1) is 16.3 Å². The van der Waals surface area contributed by atoms with E-state index in [-0.39, 0.29) is 16.5 Å². The molecule has 0 atom stereocenters. The van der Waals surface area contributed by atoms with Crippen LogP contribution in [-0.2, 0) is 20.9 Å². The van der Waals surface area contributed by atoms with E-state index in [0.717, 1.165) is 22.3 Å². The average Bonchev–Trinajstić information content (AvgIpc) is 3.18. The van der Waals surface area contributed by atoms with Crippen LogP contribution < -0.4 is 10.6 Å². The Balaban J connectivity index is 1.81. The van der Waals surface area contributed by atoms with Crippen molar-refractivity contribution in [3.8, 4) is 0 Å². The van der Waals surface area contributed by atoms with Gasteiger partial charge in [-0.25, -0.2) is 0 Å². The number of carbonyl (C=O) groups excluding carboxylic acids is 4. The number of amides is 2. The van der Waals surface area contributed by atoms with Crippen molar-refractivity contribution in [3.63, 3.8) is 0 Å². The Kier molecular flexibility index (Phi) is 8.01. The Bertz CT molecular complexity index is 1010. The molecule has 0 saturated heterocycles. The molecule has 0 saturated carbocycles. The first-order valence-electron chi connectivity index (χ1n) is 8.41. The molecular formula is C18H16ClN3O7S. The number of carbonyl (C=O) groups is 4. The Hall–Kier alpha value is -3.31. The first-order valence-corrected chi connectivity index (χ1v) is 9.61. The van der Waals surface area contributed by atoms with Gasteiger partial charge in [-0.1, -0.05) is 11.6 Å². The Morgan fingerprint density at radius 1 is 1.17 bits per heavy atom. The number of ketones is 1. The van der Waals surface area contributed by atoms with Crippen LogP contribution in [0.1, 0.15) is 31.8 Å². The number of nitro benzene ring substituents is 1. The molecule has 0 aliphatic rings. The number of hydrogen-bond acceptors (Lipinski definition) is 8. The number of halogens is 1. The molecule has 2 amide bonds. The van der Waals surface area contributed by atoms with Crippen molar-refractivity contribution in [2.75, 3.05) is 13.2 Å². The zero-order valence-corrected chi connectivity index (χ0v) is 17.2. The maximum Gasteiger partial charge on any atom is 0.325 e. The van der Waals surface area contributed by atoms with E-state index in [9.17, 15) is 29.3 Å². The van der Waals surface area contributed by atoms with Gasteiger partial charge in [0.2, 0.25) is 11.7 Å². The first-order chi connectivity index (χ1) is 14.2. The zero-order valence-electron chi connectivity index (χ0n) is 15.6. The molecule has 0 fully saturated rings. The topological polar surface area (TPSA) is 145 Å². The van der Waals surface area contributed by atoms with Crippen LogP contribution in [0.3, 0.4) is 0 Å². The minimum atomic E-state index is -0.852.